The molecule has 1 heterocycles. The molecule has 0 unspecified atom stereocenters. The summed E-state index contributed by atoms with van der Waals surface area (Å²) in [6, 6.07) is 14.3. The second-order valence-corrected chi connectivity index (χ2v) is 4.89. The van der Waals surface area contributed by atoms with Crippen LogP contribution in [0.5, 0.6) is 0 Å². The number of carboxylic acid groups (broad SMARTS) is 1. The van der Waals surface area contributed by atoms with E-state index in [4.69, 9.17) is 5.11 Å². The number of aromatic carboxylic acids is 1. The van der Waals surface area contributed by atoms with Gasteiger partial charge in [0.2, 0.25) is 0 Å². The molecular formula is C17H13NO3. The zero-order chi connectivity index (χ0) is 15.0. The van der Waals surface area contributed by atoms with Crippen LogP contribution in [-0.4, -0.2) is 17.0 Å². The van der Waals surface area contributed by atoms with Gasteiger partial charge in [0, 0.05) is 11.3 Å². The molecule has 2 aromatic carbocycles. The predicted octanol–water partition coefficient (Wildman–Crippen LogP) is 3.27. The van der Waals surface area contributed by atoms with Gasteiger partial charge < -0.3 is 10.4 Å². The third kappa shape index (κ3) is 2.21. The highest BCUT2D eigenvalue weighted by molar-refractivity contribution is 6.36. The minimum absolute atomic E-state index is 0.160. The van der Waals surface area contributed by atoms with Crippen LogP contribution < -0.4 is 5.32 Å². The average molecular weight is 279 g/mol. The van der Waals surface area contributed by atoms with Crippen LogP contribution >= 0.6 is 0 Å². The Kier molecular flexibility index (Phi) is 3.06. The lowest BCUT2D eigenvalue weighted by Gasteiger charge is -2.06. The van der Waals surface area contributed by atoms with Crippen LogP contribution in [0.3, 0.4) is 0 Å². The SMILES string of the molecule is C/C(=C1\C(=O)Nc2cc(C(=O)O)ccc21)c1ccccc1. The van der Waals surface area contributed by atoms with Crippen molar-refractivity contribution in [1.82, 2.24) is 0 Å². The molecule has 4 nitrogen and oxygen atoms in total. The molecule has 2 N–H and O–H groups in total. The Bertz CT molecular complexity index is 776. The maximum atomic E-state index is 12.2. The number of hydrogen-bond acceptors (Lipinski definition) is 2. The molecule has 0 aromatic heterocycles. The number of amides is 1. The monoisotopic (exact) mass is 279 g/mol. The van der Waals surface area contributed by atoms with Crippen molar-refractivity contribution < 1.29 is 14.7 Å². The topological polar surface area (TPSA) is 66.4 Å². The van der Waals surface area contributed by atoms with Gasteiger partial charge in [-0.1, -0.05) is 36.4 Å². The van der Waals surface area contributed by atoms with Gasteiger partial charge in [0.1, 0.15) is 0 Å². The van der Waals surface area contributed by atoms with Crippen molar-refractivity contribution in [2.24, 2.45) is 0 Å². The first-order valence-corrected chi connectivity index (χ1v) is 6.53. The molecule has 0 aliphatic carbocycles. The molecule has 1 aliphatic heterocycles. The highest BCUT2D eigenvalue weighted by Crippen LogP contribution is 2.37. The predicted molar refractivity (Wildman–Crippen MR) is 81.0 cm³/mol. The highest BCUT2D eigenvalue weighted by Gasteiger charge is 2.27. The lowest BCUT2D eigenvalue weighted by atomic mass is 9.96. The van der Waals surface area contributed by atoms with Crippen molar-refractivity contribution in [2.75, 3.05) is 5.32 Å². The summed E-state index contributed by atoms with van der Waals surface area (Å²) < 4.78 is 0. The zero-order valence-electron chi connectivity index (χ0n) is 11.4. The van der Waals surface area contributed by atoms with Gasteiger partial charge in [0.25, 0.3) is 5.91 Å². The van der Waals surface area contributed by atoms with Crippen LogP contribution in [-0.2, 0) is 4.79 Å². The molecule has 1 amide bonds. The molecule has 0 atom stereocenters. The molecule has 104 valence electrons. The second kappa shape index (κ2) is 4.90. The van der Waals surface area contributed by atoms with Crippen molar-refractivity contribution in [2.45, 2.75) is 6.92 Å². The second-order valence-electron chi connectivity index (χ2n) is 4.89. The fraction of sp³-hybridized carbons (Fsp3) is 0.0588. The van der Waals surface area contributed by atoms with Crippen molar-refractivity contribution >= 4 is 28.7 Å². The van der Waals surface area contributed by atoms with E-state index in [1.54, 1.807) is 6.07 Å². The molecule has 0 saturated heterocycles. The first-order valence-electron chi connectivity index (χ1n) is 6.53. The van der Waals surface area contributed by atoms with Gasteiger partial charge in [-0.2, -0.15) is 0 Å². The van der Waals surface area contributed by atoms with Crippen LogP contribution in [0, 0.1) is 0 Å². The maximum Gasteiger partial charge on any atom is 0.335 e. The number of allylic oxidation sites excluding steroid dienone is 1. The third-order valence-corrected chi connectivity index (χ3v) is 3.59. The lowest BCUT2D eigenvalue weighted by Crippen LogP contribution is -2.05. The summed E-state index contributed by atoms with van der Waals surface area (Å²) in [5.41, 5.74) is 3.88. The Morgan fingerprint density at radius 1 is 1.05 bits per heavy atom. The van der Waals surface area contributed by atoms with Crippen molar-refractivity contribution in [3.63, 3.8) is 0 Å². The smallest absolute Gasteiger partial charge is 0.335 e. The normalized spacial score (nSPS) is 15.4. The van der Waals surface area contributed by atoms with E-state index in [9.17, 15) is 9.59 Å². The molecule has 21 heavy (non-hydrogen) atoms. The number of carbonyl (C=O) groups is 2. The molecule has 0 spiro atoms. The van der Waals surface area contributed by atoms with Gasteiger partial charge in [-0.15, -0.1) is 0 Å². The van der Waals surface area contributed by atoms with Gasteiger partial charge >= 0.3 is 5.97 Å². The molecule has 1 aliphatic rings. The minimum Gasteiger partial charge on any atom is -0.478 e. The van der Waals surface area contributed by atoms with Crippen LogP contribution in [0.15, 0.2) is 48.5 Å². The van der Waals surface area contributed by atoms with Crippen molar-refractivity contribution in [1.29, 1.82) is 0 Å². The number of rotatable bonds is 2. The van der Waals surface area contributed by atoms with E-state index in [1.807, 2.05) is 37.3 Å². The molecule has 0 radical (unpaired) electrons. The van der Waals surface area contributed by atoms with E-state index in [0.717, 1.165) is 16.7 Å². The fourth-order valence-electron chi connectivity index (χ4n) is 2.51. The van der Waals surface area contributed by atoms with Crippen LogP contribution in [0.25, 0.3) is 11.1 Å². The Balaban J connectivity index is 2.15. The summed E-state index contributed by atoms with van der Waals surface area (Å²) in [7, 11) is 0. The Morgan fingerprint density at radius 2 is 1.76 bits per heavy atom. The number of fused-ring (bicyclic) bond motifs is 1. The number of hydrogen-bond donors (Lipinski definition) is 2. The molecule has 0 fully saturated rings. The number of carboxylic acids is 1. The molecule has 3 rings (SSSR count). The summed E-state index contributed by atoms with van der Waals surface area (Å²) in [5.74, 6) is -1.21. The molecular weight excluding hydrogens is 266 g/mol. The van der Waals surface area contributed by atoms with Gasteiger partial charge in [0.05, 0.1) is 11.1 Å². The van der Waals surface area contributed by atoms with Gasteiger partial charge in [-0.05, 0) is 30.2 Å². The minimum atomic E-state index is -1.01. The fourth-order valence-corrected chi connectivity index (χ4v) is 2.51. The average Bonchev–Trinajstić information content (AvgIpc) is 2.82. The summed E-state index contributed by atoms with van der Waals surface area (Å²) in [6.45, 7) is 1.89. The maximum absolute atomic E-state index is 12.2. The van der Waals surface area contributed by atoms with Crippen LogP contribution in [0.1, 0.15) is 28.4 Å². The molecule has 0 saturated carbocycles. The number of nitrogens with one attached hydrogen (secondary N) is 1. The van der Waals surface area contributed by atoms with E-state index >= 15 is 0 Å². The zero-order valence-corrected chi connectivity index (χ0v) is 11.4. The largest absolute Gasteiger partial charge is 0.478 e. The summed E-state index contributed by atoms with van der Waals surface area (Å²) in [4.78, 5) is 23.2. The van der Waals surface area contributed by atoms with E-state index in [1.165, 1.54) is 12.1 Å². The van der Waals surface area contributed by atoms with E-state index in [-0.39, 0.29) is 11.5 Å². The first-order chi connectivity index (χ1) is 10.1. The van der Waals surface area contributed by atoms with Gasteiger partial charge in [-0.25, -0.2) is 4.79 Å². The van der Waals surface area contributed by atoms with Crippen LogP contribution in [0.2, 0.25) is 0 Å². The Labute approximate surface area is 121 Å². The summed E-state index contributed by atoms with van der Waals surface area (Å²) in [6.07, 6.45) is 0. The quantitative estimate of drug-likeness (QED) is 0.829. The van der Waals surface area contributed by atoms with Crippen LogP contribution in [0.4, 0.5) is 5.69 Å². The third-order valence-electron chi connectivity index (χ3n) is 3.59. The molecule has 2 aromatic rings. The molecule has 4 heteroatoms. The number of carbonyl (C=O) groups excluding carboxylic acids is 1. The number of anilines is 1. The molecule has 0 bridgehead atoms. The van der Waals surface area contributed by atoms with Crippen molar-refractivity contribution in [3.05, 3.63) is 65.2 Å². The van der Waals surface area contributed by atoms with Gasteiger partial charge in [-0.3, -0.25) is 4.79 Å². The summed E-state index contributed by atoms with van der Waals surface area (Å²) >= 11 is 0. The summed E-state index contributed by atoms with van der Waals surface area (Å²) in [5, 5.41) is 11.7. The highest BCUT2D eigenvalue weighted by atomic mass is 16.4. The van der Waals surface area contributed by atoms with E-state index in [2.05, 4.69) is 5.32 Å². The number of benzene rings is 2. The van der Waals surface area contributed by atoms with E-state index in [0.29, 0.717) is 11.3 Å². The Hall–Kier alpha value is -2.88. The van der Waals surface area contributed by atoms with Crippen molar-refractivity contribution in [3.8, 4) is 0 Å². The first kappa shape index (κ1) is 13.1. The van der Waals surface area contributed by atoms with Gasteiger partial charge in [0.15, 0.2) is 0 Å². The standard InChI is InChI=1S/C17H13NO3/c1-10(11-5-3-2-4-6-11)15-13-8-7-12(17(20)21)9-14(13)18-16(15)19/h2-9H,1H3,(H,18,19)(H,20,21)/b15-10+. The van der Waals surface area contributed by atoms with E-state index < -0.39 is 5.97 Å². The lowest BCUT2D eigenvalue weighted by molar-refractivity contribution is -0.110. The Morgan fingerprint density at radius 3 is 2.43 bits per heavy atom.